The maximum atomic E-state index is 11.3. The zero-order valence-electron chi connectivity index (χ0n) is 11.9. The molecule has 0 atom stereocenters. The molecule has 0 spiro atoms. The van der Waals surface area contributed by atoms with Crippen LogP contribution in [-0.2, 0) is 9.53 Å². The summed E-state index contributed by atoms with van der Waals surface area (Å²) < 4.78 is 10.6. The molecule has 3 heteroatoms. The lowest BCUT2D eigenvalue weighted by Gasteiger charge is -2.10. The van der Waals surface area contributed by atoms with Gasteiger partial charge in [-0.2, -0.15) is 0 Å². The van der Waals surface area contributed by atoms with E-state index in [1.54, 1.807) is 13.0 Å². The van der Waals surface area contributed by atoms with Crippen LogP contribution < -0.4 is 4.74 Å². The number of hydrogen-bond donors (Lipinski definition) is 0. The molecule has 0 bridgehead atoms. The van der Waals surface area contributed by atoms with Gasteiger partial charge >= 0.3 is 5.97 Å². The Kier molecular flexibility index (Phi) is 6.72. The van der Waals surface area contributed by atoms with Gasteiger partial charge in [0, 0.05) is 11.6 Å². The standard InChI is InChI=1S/C16H22O3/c1-4-18-16(17)10-9-14-7-5-6-8-15(14)19-12-11-13(2)3/h5-10,13H,4,11-12H2,1-3H3/b10-9+. The molecule has 104 valence electrons. The molecule has 0 N–H and O–H groups in total. The van der Waals surface area contributed by atoms with Crippen LogP contribution in [0.1, 0.15) is 32.8 Å². The fraction of sp³-hybridized carbons (Fsp3) is 0.438. The molecule has 0 saturated carbocycles. The third-order valence-electron chi connectivity index (χ3n) is 2.56. The Bertz CT molecular complexity index is 422. The highest BCUT2D eigenvalue weighted by atomic mass is 16.5. The van der Waals surface area contributed by atoms with E-state index in [1.807, 2.05) is 24.3 Å². The molecular formula is C16H22O3. The SMILES string of the molecule is CCOC(=O)/C=C/c1ccccc1OCCC(C)C. The van der Waals surface area contributed by atoms with Crippen LogP contribution in [0.3, 0.4) is 0 Å². The molecule has 0 saturated heterocycles. The molecule has 0 aromatic heterocycles. The maximum Gasteiger partial charge on any atom is 0.330 e. The van der Waals surface area contributed by atoms with Crippen molar-refractivity contribution in [2.24, 2.45) is 5.92 Å². The van der Waals surface area contributed by atoms with E-state index in [0.717, 1.165) is 17.7 Å². The second-order valence-electron chi connectivity index (χ2n) is 4.65. The summed E-state index contributed by atoms with van der Waals surface area (Å²) in [6, 6.07) is 7.66. The molecule has 0 aliphatic heterocycles. The molecule has 1 rings (SSSR count). The van der Waals surface area contributed by atoms with E-state index in [2.05, 4.69) is 13.8 Å². The van der Waals surface area contributed by atoms with Gasteiger partial charge in [0.2, 0.25) is 0 Å². The van der Waals surface area contributed by atoms with Crippen molar-refractivity contribution in [1.82, 2.24) is 0 Å². The summed E-state index contributed by atoms with van der Waals surface area (Å²) in [5.41, 5.74) is 0.888. The van der Waals surface area contributed by atoms with Gasteiger partial charge in [0.15, 0.2) is 0 Å². The third kappa shape index (κ3) is 6.09. The summed E-state index contributed by atoms with van der Waals surface area (Å²) in [5, 5.41) is 0. The van der Waals surface area contributed by atoms with Crippen LogP contribution in [0.2, 0.25) is 0 Å². The molecule has 0 radical (unpaired) electrons. The maximum absolute atomic E-state index is 11.3. The monoisotopic (exact) mass is 262 g/mol. The van der Waals surface area contributed by atoms with E-state index in [0.29, 0.717) is 19.1 Å². The van der Waals surface area contributed by atoms with Gasteiger partial charge in [0.1, 0.15) is 5.75 Å². The predicted octanol–water partition coefficient (Wildman–Crippen LogP) is 3.69. The first-order chi connectivity index (χ1) is 9.13. The molecule has 1 aromatic rings. The van der Waals surface area contributed by atoms with E-state index in [1.165, 1.54) is 6.08 Å². The van der Waals surface area contributed by atoms with Crippen LogP contribution in [0.25, 0.3) is 6.08 Å². The van der Waals surface area contributed by atoms with Gasteiger partial charge in [0.05, 0.1) is 13.2 Å². The number of esters is 1. The first-order valence-corrected chi connectivity index (χ1v) is 6.70. The minimum Gasteiger partial charge on any atom is -0.493 e. The van der Waals surface area contributed by atoms with E-state index in [-0.39, 0.29) is 5.97 Å². The van der Waals surface area contributed by atoms with Crippen LogP contribution in [0, 0.1) is 5.92 Å². The number of ether oxygens (including phenoxy) is 2. The molecule has 0 aliphatic carbocycles. The molecule has 0 amide bonds. The summed E-state index contributed by atoms with van der Waals surface area (Å²) >= 11 is 0. The van der Waals surface area contributed by atoms with Crippen molar-refractivity contribution in [3.8, 4) is 5.75 Å². The minimum atomic E-state index is -0.334. The van der Waals surface area contributed by atoms with Gasteiger partial charge in [-0.3, -0.25) is 0 Å². The lowest BCUT2D eigenvalue weighted by Crippen LogP contribution is -2.02. The van der Waals surface area contributed by atoms with Crippen molar-refractivity contribution in [2.75, 3.05) is 13.2 Å². The Morgan fingerprint density at radius 1 is 1.32 bits per heavy atom. The topological polar surface area (TPSA) is 35.5 Å². The van der Waals surface area contributed by atoms with Crippen molar-refractivity contribution in [2.45, 2.75) is 27.2 Å². The number of carbonyl (C=O) groups excluding carboxylic acids is 1. The first-order valence-electron chi connectivity index (χ1n) is 6.70. The highest BCUT2D eigenvalue weighted by Crippen LogP contribution is 2.20. The molecular weight excluding hydrogens is 240 g/mol. The highest BCUT2D eigenvalue weighted by Gasteiger charge is 2.02. The van der Waals surface area contributed by atoms with Gasteiger partial charge < -0.3 is 9.47 Å². The highest BCUT2D eigenvalue weighted by molar-refractivity contribution is 5.87. The van der Waals surface area contributed by atoms with Crippen molar-refractivity contribution in [1.29, 1.82) is 0 Å². The Labute approximate surface area is 115 Å². The molecule has 0 heterocycles. The molecule has 0 fully saturated rings. The molecule has 0 aliphatic rings. The largest absolute Gasteiger partial charge is 0.493 e. The number of benzene rings is 1. The minimum absolute atomic E-state index is 0.334. The lowest BCUT2D eigenvalue weighted by molar-refractivity contribution is -0.137. The zero-order valence-corrected chi connectivity index (χ0v) is 11.9. The molecule has 0 unspecified atom stereocenters. The van der Waals surface area contributed by atoms with Crippen molar-refractivity contribution in [3.63, 3.8) is 0 Å². The Morgan fingerprint density at radius 2 is 2.05 bits per heavy atom. The second-order valence-corrected chi connectivity index (χ2v) is 4.65. The summed E-state index contributed by atoms with van der Waals surface area (Å²) in [4.78, 5) is 11.3. The van der Waals surface area contributed by atoms with Crippen LogP contribution >= 0.6 is 0 Å². The third-order valence-corrected chi connectivity index (χ3v) is 2.56. The summed E-state index contributed by atoms with van der Waals surface area (Å²) in [7, 11) is 0. The van der Waals surface area contributed by atoms with E-state index in [9.17, 15) is 4.79 Å². The number of para-hydroxylation sites is 1. The van der Waals surface area contributed by atoms with Crippen molar-refractivity contribution >= 4 is 12.0 Å². The first kappa shape index (κ1) is 15.3. The Morgan fingerprint density at radius 3 is 2.74 bits per heavy atom. The number of rotatable bonds is 7. The fourth-order valence-electron chi connectivity index (χ4n) is 1.50. The van der Waals surface area contributed by atoms with Crippen LogP contribution in [0.5, 0.6) is 5.75 Å². The van der Waals surface area contributed by atoms with Gasteiger partial charge in [-0.15, -0.1) is 0 Å². The molecule has 3 nitrogen and oxygen atoms in total. The smallest absolute Gasteiger partial charge is 0.330 e. The molecule has 1 aromatic carbocycles. The average molecular weight is 262 g/mol. The van der Waals surface area contributed by atoms with Crippen molar-refractivity contribution < 1.29 is 14.3 Å². The van der Waals surface area contributed by atoms with Crippen molar-refractivity contribution in [3.05, 3.63) is 35.9 Å². The number of carbonyl (C=O) groups is 1. The lowest BCUT2D eigenvalue weighted by atomic mass is 10.1. The summed E-state index contributed by atoms with van der Waals surface area (Å²) in [6.45, 7) is 7.18. The average Bonchev–Trinajstić information content (AvgIpc) is 2.37. The van der Waals surface area contributed by atoms with Gasteiger partial charge in [0.25, 0.3) is 0 Å². The summed E-state index contributed by atoms with van der Waals surface area (Å²) in [5.74, 6) is 1.07. The predicted molar refractivity (Wildman–Crippen MR) is 77.1 cm³/mol. The normalized spacial score (nSPS) is 10.9. The van der Waals surface area contributed by atoms with Gasteiger partial charge in [-0.05, 0) is 31.4 Å². The number of hydrogen-bond acceptors (Lipinski definition) is 3. The second kappa shape index (κ2) is 8.35. The summed E-state index contributed by atoms with van der Waals surface area (Å²) in [6.07, 6.45) is 4.16. The van der Waals surface area contributed by atoms with E-state index < -0.39 is 0 Å². The van der Waals surface area contributed by atoms with Crippen LogP contribution in [0.15, 0.2) is 30.3 Å². The zero-order chi connectivity index (χ0) is 14.1. The van der Waals surface area contributed by atoms with Crippen LogP contribution in [0.4, 0.5) is 0 Å². The Hall–Kier alpha value is -1.77. The van der Waals surface area contributed by atoms with Gasteiger partial charge in [-0.1, -0.05) is 32.0 Å². The van der Waals surface area contributed by atoms with E-state index >= 15 is 0 Å². The van der Waals surface area contributed by atoms with Crippen LogP contribution in [-0.4, -0.2) is 19.2 Å². The quantitative estimate of drug-likeness (QED) is 0.555. The Balaban J connectivity index is 2.64. The molecule has 19 heavy (non-hydrogen) atoms. The fourth-order valence-corrected chi connectivity index (χ4v) is 1.50. The van der Waals surface area contributed by atoms with Gasteiger partial charge in [-0.25, -0.2) is 4.79 Å². The van der Waals surface area contributed by atoms with E-state index in [4.69, 9.17) is 9.47 Å².